The van der Waals surface area contributed by atoms with Gasteiger partial charge in [0.05, 0.1) is 0 Å². The summed E-state index contributed by atoms with van der Waals surface area (Å²) in [4.78, 5) is 12.8. The van der Waals surface area contributed by atoms with Gasteiger partial charge >= 0.3 is 5.97 Å². The number of carbonyl (C=O) groups excluding carboxylic acids is 1. The molecule has 1 aromatic rings. The fraction of sp³-hybridized carbons (Fsp3) is 0.435. The second kappa shape index (κ2) is 17.6. The van der Waals surface area contributed by atoms with Gasteiger partial charge in [-0.05, 0) is 43.3 Å². The van der Waals surface area contributed by atoms with Crippen molar-refractivity contribution in [3.05, 3.63) is 66.1 Å². The minimum absolute atomic E-state index is 0. The summed E-state index contributed by atoms with van der Waals surface area (Å²) >= 11 is 1.69. The van der Waals surface area contributed by atoms with E-state index in [9.17, 15) is 4.79 Å². The SMILES string of the molecule is C=C/C=C(\C=C)SCc1ccc(OC(=O)CCCNCC)cc1.CCCC.[HH]. The molecule has 0 aliphatic rings. The Bertz CT molecular complexity index is 568. The van der Waals surface area contributed by atoms with E-state index >= 15 is 0 Å². The van der Waals surface area contributed by atoms with Gasteiger partial charge in [0.2, 0.25) is 0 Å². The van der Waals surface area contributed by atoms with Crippen molar-refractivity contribution in [1.82, 2.24) is 5.32 Å². The lowest BCUT2D eigenvalue weighted by molar-refractivity contribution is -0.134. The van der Waals surface area contributed by atoms with Gasteiger partial charge in [0.15, 0.2) is 0 Å². The highest BCUT2D eigenvalue weighted by Gasteiger charge is 2.05. The summed E-state index contributed by atoms with van der Waals surface area (Å²) in [6, 6.07) is 7.62. The summed E-state index contributed by atoms with van der Waals surface area (Å²) in [5.74, 6) is 1.24. The summed E-state index contributed by atoms with van der Waals surface area (Å²) in [6.07, 6.45) is 9.36. The first kappa shape index (κ1) is 25.2. The second-order valence-corrected chi connectivity index (χ2v) is 6.92. The summed E-state index contributed by atoms with van der Waals surface area (Å²) in [5, 5.41) is 3.18. The van der Waals surface area contributed by atoms with Gasteiger partial charge < -0.3 is 10.1 Å². The Hall–Kier alpha value is -1.78. The number of nitrogens with one attached hydrogen (secondary N) is 1. The average molecular weight is 392 g/mol. The number of carbonyl (C=O) groups is 1. The molecular formula is C23H37NO2S. The van der Waals surface area contributed by atoms with Gasteiger partial charge in [-0.2, -0.15) is 0 Å². The Labute approximate surface area is 171 Å². The van der Waals surface area contributed by atoms with E-state index in [1.807, 2.05) is 43.3 Å². The molecule has 0 fully saturated rings. The summed E-state index contributed by atoms with van der Waals surface area (Å²) in [7, 11) is 0. The molecule has 0 aliphatic carbocycles. The molecule has 0 atom stereocenters. The van der Waals surface area contributed by atoms with Gasteiger partial charge in [-0.25, -0.2) is 0 Å². The quantitative estimate of drug-likeness (QED) is 0.190. The van der Waals surface area contributed by atoms with Crippen LogP contribution < -0.4 is 10.1 Å². The molecule has 3 nitrogen and oxygen atoms in total. The molecule has 0 bridgehead atoms. The molecule has 0 saturated carbocycles. The second-order valence-electron chi connectivity index (χ2n) is 5.87. The smallest absolute Gasteiger partial charge is 0.311 e. The highest BCUT2D eigenvalue weighted by molar-refractivity contribution is 8.02. The Balaban J connectivity index is 0. The lowest BCUT2D eigenvalue weighted by Gasteiger charge is -2.06. The molecule has 0 spiro atoms. The van der Waals surface area contributed by atoms with Gasteiger partial charge in [-0.3, -0.25) is 4.79 Å². The van der Waals surface area contributed by atoms with Crippen LogP contribution >= 0.6 is 11.8 Å². The predicted molar refractivity (Wildman–Crippen MR) is 122 cm³/mol. The third-order valence-corrected chi connectivity index (χ3v) is 4.64. The average Bonchev–Trinajstić information content (AvgIpc) is 2.69. The van der Waals surface area contributed by atoms with Crippen molar-refractivity contribution in [2.24, 2.45) is 0 Å². The number of hydrogen-bond acceptors (Lipinski definition) is 4. The van der Waals surface area contributed by atoms with Crippen LogP contribution in [0.1, 0.15) is 53.4 Å². The molecule has 152 valence electrons. The number of unbranched alkanes of at least 4 members (excludes halogenated alkanes) is 1. The number of allylic oxidation sites excluding steroid dienone is 3. The van der Waals surface area contributed by atoms with E-state index in [-0.39, 0.29) is 7.40 Å². The zero-order valence-corrected chi connectivity index (χ0v) is 17.9. The fourth-order valence-corrected chi connectivity index (χ4v) is 2.66. The van der Waals surface area contributed by atoms with Crippen LogP contribution in [0.3, 0.4) is 0 Å². The Morgan fingerprint density at radius 1 is 1.19 bits per heavy atom. The number of esters is 1. The van der Waals surface area contributed by atoms with Gasteiger partial charge in [-0.1, -0.05) is 71.1 Å². The van der Waals surface area contributed by atoms with E-state index in [0.29, 0.717) is 12.2 Å². The molecule has 1 N–H and O–H groups in total. The minimum Gasteiger partial charge on any atom is -0.427 e. The highest BCUT2D eigenvalue weighted by Crippen LogP contribution is 2.23. The van der Waals surface area contributed by atoms with Crippen molar-refractivity contribution in [1.29, 1.82) is 0 Å². The Morgan fingerprint density at radius 2 is 1.85 bits per heavy atom. The summed E-state index contributed by atoms with van der Waals surface area (Å²) < 4.78 is 5.32. The van der Waals surface area contributed by atoms with Crippen molar-refractivity contribution in [2.75, 3.05) is 13.1 Å². The summed E-state index contributed by atoms with van der Waals surface area (Å²) in [5.41, 5.74) is 1.17. The van der Waals surface area contributed by atoms with Crippen molar-refractivity contribution >= 4 is 17.7 Å². The van der Waals surface area contributed by atoms with Gasteiger partial charge in [-0.15, -0.1) is 11.8 Å². The van der Waals surface area contributed by atoms with E-state index in [4.69, 9.17) is 4.74 Å². The lowest BCUT2D eigenvalue weighted by atomic mass is 10.2. The maximum atomic E-state index is 11.7. The predicted octanol–water partition coefficient (Wildman–Crippen LogP) is 6.52. The number of hydrogen-bond donors (Lipinski definition) is 1. The van der Waals surface area contributed by atoms with Gasteiger partial charge in [0.25, 0.3) is 0 Å². The van der Waals surface area contributed by atoms with Crippen LogP contribution in [0.25, 0.3) is 0 Å². The summed E-state index contributed by atoms with van der Waals surface area (Å²) in [6.45, 7) is 15.6. The molecule has 0 saturated heterocycles. The third-order valence-electron chi connectivity index (χ3n) is 3.53. The Kier molecular flexibility index (Phi) is 16.5. The van der Waals surface area contributed by atoms with Crippen molar-refractivity contribution < 1.29 is 11.0 Å². The molecule has 1 aromatic carbocycles. The molecule has 1 rings (SSSR count). The van der Waals surface area contributed by atoms with Crippen molar-refractivity contribution in [3.63, 3.8) is 0 Å². The first-order valence-corrected chi connectivity index (χ1v) is 10.7. The maximum Gasteiger partial charge on any atom is 0.311 e. The van der Waals surface area contributed by atoms with E-state index < -0.39 is 0 Å². The molecule has 0 unspecified atom stereocenters. The van der Waals surface area contributed by atoms with E-state index in [1.54, 1.807) is 17.8 Å². The molecule has 0 heterocycles. The molecule has 4 heteroatoms. The number of rotatable bonds is 12. The first-order chi connectivity index (χ1) is 13.1. The third kappa shape index (κ3) is 14.0. The normalized spacial score (nSPS) is 10.6. The van der Waals surface area contributed by atoms with Crippen LogP contribution in [0.2, 0.25) is 0 Å². The van der Waals surface area contributed by atoms with Crippen molar-refractivity contribution in [2.45, 2.75) is 52.2 Å². The molecule has 0 radical (unpaired) electrons. The van der Waals surface area contributed by atoms with Crippen LogP contribution in [0.5, 0.6) is 5.75 Å². The lowest BCUT2D eigenvalue weighted by Crippen LogP contribution is -2.16. The van der Waals surface area contributed by atoms with Crippen LogP contribution in [0, 0.1) is 0 Å². The molecule has 0 aromatic heterocycles. The van der Waals surface area contributed by atoms with Crippen LogP contribution in [-0.2, 0) is 10.5 Å². The zero-order chi connectivity index (χ0) is 20.3. The monoisotopic (exact) mass is 391 g/mol. The standard InChI is InChI=1S/C19H25NO2S.C4H10.H2/c1-4-8-18(5-2)23-15-16-10-12-17(13-11-16)22-19(21)9-7-14-20-6-3;1-3-4-2;/h4-5,8,10-13,20H,1-2,6-7,9,14-15H2,3H3;3-4H2,1-2H3;1H/b18-8+;;. The number of ether oxygens (including phenoxy) is 1. The fourth-order valence-electron chi connectivity index (χ4n) is 1.83. The topological polar surface area (TPSA) is 38.3 Å². The highest BCUT2D eigenvalue weighted by atomic mass is 32.2. The zero-order valence-electron chi connectivity index (χ0n) is 17.1. The number of thioether (sulfide) groups is 1. The minimum atomic E-state index is -0.187. The molecule has 0 aliphatic heterocycles. The first-order valence-electron chi connectivity index (χ1n) is 9.69. The van der Waals surface area contributed by atoms with Crippen LogP contribution in [0.4, 0.5) is 0 Å². The maximum absolute atomic E-state index is 11.7. The van der Waals surface area contributed by atoms with E-state index in [1.165, 1.54) is 18.4 Å². The van der Waals surface area contributed by atoms with Crippen molar-refractivity contribution in [3.8, 4) is 5.75 Å². The largest absolute Gasteiger partial charge is 0.427 e. The molecule has 0 amide bonds. The van der Waals surface area contributed by atoms with Crippen LogP contribution in [0.15, 0.2) is 60.6 Å². The van der Waals surface area contributed by atoms with Gasteiger partial charge in [0.1, 0.15) is 5.75 Å². The Morgan fingerprint density at radius 3 is 2.37 bits per heavy atom. The molecular weight excluding hydrogens is 354 g/mol. The molecule has 27 heavy (non-hydrogen) atoms. The van der Waals surface area contributed by atoms with E-state index in [0.717, 1.165) is 30.2 Å². The van der Waals surface area contributed by atoms with E-state index in [2.05, 4.69) is 32.3 Å². The number of benzene rings is 1. The van der Waals surface area contributed by atoms with Crippen LogP contribution in [-0.4, -0.2) is 19.1 Å². The van der Waals surface area contributed by atoms with Gasteiger partial charge in [0, 0.05) is 18.5 Å².